The van der Waals surface area contributed by atoms with Gasteiger partial charge in [0.1, 0.15) is 6.04 Å². The number of nitrogens with two attached hydrogens (primary N) is 1. The average molecular weight is 349 g/mol. The van der Waals surface area contributed by atoms with E-state index in [4.69, 9.17) is 5.73 Å². The standard InChI is InChI=1S/C21H23N3O2/c1-12-9-13(2)19-17(10-12)16(14(3)23-19)11-18(25)24-20(21(22)26)15-7-5-4-6-8-15/h4-10,20,23H,11H2,1-3H3,(H2,22,26)(H,24,25)/t20-/m0/s1. The van der Waals surface area contributed by atoms with Gasteiger partial charge in [-0.15, -0.1) is 0 Å². The molecule has 0 radical (unpaired) electrons. The highest BCUT2D eigenvalue weighted by Gasteiger charge is 2.21. The normalized spacial score (nSPS) is 12.1. The summed E-state index contributed by atoms with van der Waals surface area (Å²) in [5, 5.41) is 3.81. The molecule has 5 nitrogen and oxygen atoms in total. The molecule has 2 aromatic carbocycles. The van der Waals surface area contributed by atoms with Crippen LogP contribution in [-0.4, -0.2) is 16.8 Å². The highest BCUT2D eigenvalue weighted by Crippen LogP contribution is 2.27. The van der Waals surface area contributed by atoms with Crippen molar-refractivity contribution in [3.63, 3.8) is 0 Å². The minimum Gasteiger partial charge on any atom is -0.368 e. The lowest BCUT2D eigenvalue weighted by Gasteiger charge is -2.16. The van der Waals surface area contributed by atoms with E-state index >= 15 is 0 Å². The molecule has 3 aromatic rings. The first kappa shape index (κ1) is 17.7. The Bertz CT molecular complexity index is 974. The second-order valence-electron chi connectivity index (χ2n) is 6.72. The Morgan fingerprint density at radius 2 is 1.81 bits per heavy atom. The van der Waals surface area contributed by atoms with E-state index in [1.165, 1.54) is 0 Å². The fourth-order valence-electron chi connectivity index (χ4n) is 3.40. The van der Waals surface area contributed by atoms with Crippen LogP contribution in [-0.2, 0) is 16.0 Å². The molecule has 0 aliphatic carbocycles. The van der Waals surface area contributed by atoms with Gasteiger partial charge in [0.25, 0.3) is 0 Å². The van der Waals surface area contributed by atoms with E-state index in [0.717, 1.165) is 33.3 Å². The van der Waals surface area contributed by atoms with Gasteiger partial charge in [0.2, 0.25) is 11.8 Å². The van der Waals surface area contributed by atoms with Crippen molar-refractivity contribution < 1.29 is 9.59 Å². The van der Waals surface area contributed by atoms with Crippen molar-refractivity contribution >= 4 is 22.7 Å². The van der Waals surface area contributed by atoms with E-state index in [9.17, 15) is 9.59 Å². The van der Waals surface area contributed by atoms with E-state index in [1.807, 2.05) is 39.0 Å². The number of carbonyl (C=O) groups excluding carboxylic acids is 2. The second-order valence-corrected chi connectivity index (χ2v) is 6.72. The van der Waals surface area contributed by atoms with Crippen molar-refractivity contribution in [3.8, 4) is 0 Å². The number of nitrogens with one attached hydrogen (secondary N) is 2. The number of benzene rings is 2. The number of rotatable bonds is 5. The minimum atomic E-state index is -0.835. The van der Waals surface area contributed by atoms with Gasteiger partial charge in [0.05, 0.1) is 6.42 Å². The molecular weight excluding hydrogens is 326 g/mol. The number of aromatic nitrogens is 1. The van der Waals surface area contributed by atoms with Gasteiger partial charge in [-0.05, 0) is 43.5 Å². The summed E-state index contributed by atoms with van der Waals surface area (Å²) in [6.07, 6.45) is 0.186. The number of aryl methyl sites for hydroxylation is 3. The number of hydrogen-bond acceptors (Lipinski definition) is 2. The van der Waals surface area contributed by atoms with Gasteiger partial charge in [-0.25, -0.2) is 0 Å². The summed E-state index contributed by atoms with van der Waals surface area (Å²) < 4.78 is 0. The molecule has 0 aliphatic rings. The van der Waals surface area contributed by atoms with Crippen LogP contribution in [0.3, 0.4) is 0 Å². The van der Waals surface area contributed by atoms with E-state index in [-0.39, 0.29) is 12.3 Å². The zero-order valence-corrected chi connectivity index (χ0v) is 15.2. The maximum Gasteiger partial charge on any atom is 0.244 e. The number of carbonyl (C=O) groups is 2. The SMILES string of the molecule is Cc1cc(C)c2[nH]c(C)c(CC(=O)N[C@H](C(N)=O)c3ccccc3)c2c1. The van der Waals surface area contributed by atoms with Gasteiger partial charge < -0.3 is 16.0 Å². The van der Waals surface area contributed by atoms with Gasteiger partial charge in [-0.1, -0.05) is 42.0 Å². The molecule has 0 spiro atoms. The Morgan fingerprint density at radius 3 is 2.46 bits per heavy atom. The number of fused-ring (bicyclic) bond motifs is 1. The minimum absolute atomic E-state index is 0.186. The summed E-state index contributed by atoms with van der Waals surface area (Å²) >= 11 is 0. The summed E-state index contributed by atoms with van der Waals surface area (Å²) in [7, 11) is 0. The molecular formula is C21H23N3O2. The largest absolute Gasteiger partial charge is 0.368 e. The second kappa shape index (κ2) is 7.04. The average Bonchev–Trinajstić information content (AvgIpc) is 2.90. The van der Waals surface area contributed by atoms with Gasteiger partial charge >= 0.3 is 0 Å². The van der Waals surface area contributed by atoms with Crippen LogP contribution in [0.2, 0.25) is 0 Å². The van der Waals surface area contributed by atoms with Crippen LogP contribution >= 0.6 is 0 Å². The molecule has 1 atom stereocenters. The Morgan fingerprint density at radius 1 is 1.12 bits per heavy atom. The number of H-pyrrole nitrogens is 1. The molecule has 0 unspecified atom stereocenters. The third-order valence-electron chi connectivity index (χ3n) is 4.63. The van der Waals surface area contributed by atoms with Crippen LogP contribution in [0.15, 0.2) is 42.5 Å². The molecule has 134 valence electrons. The molecule has 0 saturated heterocycles. The van der Waals surface area contributed by atoms with Crippen molar-refractivity contribution in [1.82, 2.24) is 10.3 Å². The molecule has 0 aliphatic heterocycles. The van der Waals surface area contributed by atoms with Crippen LogP contribution in [0.4, 0.5) is 0 Å². The number of amides is 2. The number of aromatic amines is 1. The molecule has 0 saturated carbocycles. The summed E-state index contributed by atoms with van der Waals surface area (Å²) in [5.41, 5.74) is 11.4. The first-order valence-electron chi connectivity index (χ1n) is 8.59. The van der Waals surface area contributed by atoms with Crippen molar-refractivity contribution in [2.75, 3.05) is 0 Å². The molecule has 26 heavy (non-hydrogen) atoms. The third kappa shape index (κ3) is 3.47. The predicted octanol–water partition coefficient (Wildman–Crippen LogP) is 2.98. The fourth-order valence-corrected chi connectivity index (χ4v) is 3.40. The first-order chi connectivity index (χ1) is 12.4. The maximum atomic E-state index is 12.6. The van der Waals surface area contributed by atoms with Crippen molar-refractivity contribution in [2.45, 2.75) is 33.2 Å². The lowest BCUT2D eigenvalue weighted by Crippen LogP contribution is -2.38. The Hall–Kier alpha value is -3.08. The molecule has 3 rings (SSSR count). The van der Waals surface area contributed by atoms with Crippen LogP contribution in [0, 0.1) is 20.8 Å². The van der Waals surface area contributed by atoms with Crippen LogP contribution < -0.4 is 11.1 Å². The number of hydrogen-bond donors (Lipinski definition) is 3. The zero-order valence-electron chi connectivity index (χ0n) is 15.2. The first-order valence-corrected chi connectivity index (χ1v) is 8.59. The Balaban J connectivity index is 1.87. The lowest BCUT2D eigenvalue weighted by molar-refractivity contribution is -0.127. The topological polar surface area (TPSA) is 88.0 Å². The molecule has 1 aromatic heterocycles. The van der Waals surface area contributed by atoms with Gasteiger partial charge in [-0.2, -0.15) is 0 Å². The van der Waals surface area contributed by atoms with Crippen LogP contribution in [0.1, 0.15) is 34.0 Å². The van der Waals surface area contributed by atoms with Gasteiger partial charge in [-0.3, -0.25) is 9.59 Å². The predicted molar refractivity (Wildman–Crippen MR) is 103 cm³/mol. The molecule has 5 heteroatoms. The zero-order chi connectivity index (χ0) is 18.8. The van der Waals surface area contributed by atoms with Crippen molar-refractivity contribution in [2.24, 2.45) is 5.73 Å². The molecule has 4 N–H and O–H groups in total. The lowest BCUT2D eigenvalue weighted by atomic mass is 10.0. The molecule has 2 amide bonds. The van der Waals surface area contributed by atoms with Crippen molar-refractivity contribution in [1.29, 1.82) is 0 Å². The Kier molecular flexibility index (Phi) is 4.80. The monoisotopic (exact) mass is 349 g/mol. The highest BCUT2D eigenvalue weighted by atomic mass is 16.2. The fraction of sp³-hybridized carbons (Fsp3) is 0.238. The Labute approximate surface area is 152 Å². The van der Waals surface area contributed by atoms with Crippen LogP contribution in [0.5, 0.6) is 0 Å². The smallest absolute Gasteiger partial charge is 0.244 e. The molecule has 1 heterocycles. The molecule has 0 fully saturated rings. The maximum absolute atomic E-state index is 12.6. The number of primary amides is 1. The third-order valence-corrected chi connectivity index (χ3v) is 4.63. The van der Waals surface area contributed by atoms with Gasteiger partial charge in [0.15, 0.2) is 0 Å². The van der Waals surface area contributed by atoms with E-state index < -0.39 is 11.9 Å². The summed E-state index contributed by atoms with van der Waals surface area (Å²) in [6, 6.07) is 12.4. The quantitative estimate of drug-likeness (QED) is 0.661. The van der Waals surface area contributed by atoms with Gasteiger partial charge in [0, 0.05) is 16.6 Å². The highest BCUT2D eigenvalue weighted by molar-refractivity contribution is 5.94. The van der Waals surface area contributed by atoms with Crippen molar-refractivity contribution in [3.05, 3.63) is 70.4 Å². The van der Waals surface area contributed by atoms with Crippen LogP contribution in [0.25, 0.3) is 10.9 Å². The summed E-state index contributed by atoms with van der Waals surface area (Å²) in [4.78, 5) is 27.8. The van der Waals surface area contributed by atoms with E-state index in [2.05, 4.69) is 22.4 Å². The summed E-state index contributed by atoms with van der Waals surface area (Å²) in [5.74, 6) is -0.812. The summed E-state index contributed by atoms with van der Waals surface area (Å²) in [6.45, 7) is 6.05. The van der Waals surface area contributed by atoms with E-state index in [1.54, 1.807) is 12.1 Å². The van der Waals surface area contributed by atoms with E-state index in [0.29, 0.717) is 5.56 Å². The molecule has 0 bridgehead atoms.